The van der Waals surface area contributed by atoms with Crippen LogP contribution in [0, 0.1) is 24.7 Å². The average molecular weight is 301 g/mol. The van der Waals surface area contributed by atoms with Gasteiger partial charge in [0.15, 0.2) is 6.10 Å². The minimum absolute atomic E-state index is 0.00384. The van der Waals surface area contributed by atoms with Crippen LogP contribution in [0.5, 0.6) is 5.75 Å². The molecule has 0 unspecified atom stereocenters. The SMILES string of the molecule is Cc1ccc(O[C@H](C)C(=O)N[C@@H](C)[C@@H]2C[C@@H]3CC[C@@H]2C3)cc1. The van der Waals surface area contributed by atoms with Crippen molar-refractivity contribution in [2.45, 2.75) is 58.6 Å². The van der Waals surface area contributed by atoms with E-state index in [4.69, 9.17) is 4.74 Å². The molecular formula is C19H27NO2. The molecule has 0 aromatic heterocycles. The lowest BCUT2D eigenvalue weighted by Crippen LogP contribution is -2.45. The Hall–Kier alpha value is -1.51. The molecule has 2 aliphatic carbocycles. The normalized spacial score (nSPS) is 29.1. The van der Waals surface area contributed by atoms with Gasteiger partial charge in [0.2, 0.25) is 0 Å². The van der Waals surface area contributed by atoms with Crippen molar-refractivity contribution in [2.24, 2.45) is 17.8 Å². The van der Waals surface area contributed by atoms with Crippen LogP contribution in [0.25, 0.3) is 0 Å². The van der Waals surface area contributed by atoms with Crippen LogP contribution in [0.3, 0.4) is 0 Å². The molecule has 120 valence electrons. The summed E-state index contributed by atoms with van der Waals surface area (Å²) in [5.74, 6) is 3.15. The predicted octanol–water partition coefficient (Wildman–Crippen LogP) is 3.70. The van der Waals surface area contributed by atoms with E-state index in [1.807, 2.05) is 38.1 Å². The Bertz CT molecular complexity index is 525. The van der Waals surface area contributed by atoms with E-state index in [-0.39, 0.29) is 11.9 Å². The van der Waals surface area contributed by atoms with Gasteiger partial charge in [-0.15, -0.1) is 0 Å². The van der Waals surface area contributed by atoms with Gasteiger partial charge in [0.05, 0.1) is 0 Å². The fourth-order valence-electron chi connectivity index (χ4n) is 4.23. The predicted molar refractivity (Wildman–Crippen MR) is 87.8 cm³/mol. The third kappa shape index (κ3) is 3.29. The van der Waals surface area contributed by atoms with Crippen LogP contribution < -0.4 is 10.1 Å². The van der Waals surface area contributed by atoms with Crippen LogP contribution in [0.2, 0.25) is 0 Å². The highest BCUT2D eigenvalue weighted by atomic mass is 16.5. The Kier molecular flexibility index (Phi) is 4.42. The van der Waals surface area contributed by atoms with Crippen LogP contribution in [0.15, 0.2) is 24.3 Å². The first kappa shape index (κ1) is 15.4. The fraction of sp³-hybridized carbons (Fsp3) is 0.632. The monoisotopic (exact) mass is 301 g/mol. The zero-order valence-electron chi connectivity index (χ0n) is 13.8. The third-order valence-corrected chi connectivity index (χ3v) is 5.51. The molecular weight excluding hydrogens is 274 g/mol. The summed E-state index contributed by atoms with van der Waals surface area (Å²) in [5.41, 5.74) is 1.19. The molecule has 0 radical (unpaired) electrons. The number of carbonyl (C=O) groups is 1. The van der Waals surface area contributed by atoms with Crippen LogP contribution in [-0.4, -0.2) is 18.1 Å². The highest BCUT2D eigenvalue weighted by molar-refractivity contribution is 5.81. The molecule has 0 spiro atoms. The summed E-state index contributed by atoms with van der Waals surface area (Å²) in [4.78, 5) is 12.4. The van der Waals surface area contributed by atoms with Crippen molar-refractivity contribution < 1.29 is 9.53 Å². The van der Waals surface area contributed by atoms with Crippen molar-refractivity contribution in [3.8, 4) is 5.75 Å². The summed E-state index contributed by atoms with van der Waals surface area (Å²) in [5, 5.41) is 3.17. The number of aryl methyl sites for hydroxylation is 1. The Labute approximate surface area is 133 Å². The second kappa shape index (κ2) is 6.31. The van der Waals surface area contributed by atoms with Crippen molar-refractivity contribution in [1.82, 2.24) is 5.32 Å². The summed E-state index contributed by atoms with van der Waals surface area (Å²) in [6.45, 7) is 6.02. The molecule has 2 fully saturated rings. The molecule has 3 heteroatoms. The number of ether oxygens (including phenoxy) is 1. The minimum atomic E-state index is -0.455. The Morgan fingerprint density at radius 3 is 2.50 bits per heavy atom. The van der Waals surface area contributed by atoms with Gasteiger partial charge in [-0.25, -0.2) is 0 Å². The Morgan fingerprint density at radius 2 is 1.91 bits per heavy atom. The zero-order valence-corrected chi connectivity index (χ0v) is 13.8. The topological polar surface area (TPSA) is 38.3 Å². The van der Waals surface area contributed by atoms with Gasteiger partial charge in [0, 0.05) is 6.04 Å². The highest BCUT2D eigenvalue weighted by Gasteiger charge is 2.42. The molecule has 22 heavy (non-hydrogen) atoms. The maximum absolute atomic E-state index is 12.4. The van der Waals surface area contributed by atoms with Crippen molar-refractivity contribution in [3.63, 3.8) is 0 Å². The third-order valence-electron chi connectivity index (χ3n) is 5.51. The molecule has 3 rings (SSSR count). The van der Waals surface area contributed by atoms with E-state index in [0.29, 0.717) is 5.92 Å². The fourth-order valence-corrected chi connectivity index (χ4v) is 4.23. The van der Waals surface area contributed by atoms with Crippen molar-refractivity contribution in [3.05, 3.63) is 29.8 Å². The molecule has 2 aliphatic rings. The summed E-state index contributed by atoms with van der Waals surface area (Å²) in [6, 6.07) is 8.08. The van der Waals surface area contributed by atoms with E-state index in [2.05, 4.69) is 12.2 Å². The number of rotatable bonds is 5. The maximum atomic E-state index is 12.4. The number of fused-ring (bicyclic) bond motifs is 2. The lowest BCUT2D eigenvalue weighted by atomic mass is 9.84. The molecule has 3 nitrogen and oxygen atoms in total. The smallest absolute Gasteiger partial charge is 0.260 e. The van der Waals surface area contributed by atoms with E-state index in [1.165, 1.54) is 31.2 Å². The van der Waals surface area contributed by atoms with Crippen molar-refractivity contribution >= 4 is 5.91 Å². The lowest BCUT2D eigenvalue weighted by molar-refractivity contribution is -0.128. The van der Waals surface area contributed by atoms with Gasteiger partial charge in [-0.2, -0.15) is 0 Å². The van der Waals surface area contributed by atoms with Crippen molar-refractivity contribution in [1.29, 1.82) is 0 Å². The number of carbonyl (C=O) groups excluding carboxylic acids is 1. The first-order valence-electron chi connectivity index (χ1n) is 8.56. The summed E-state index contributed by atoms with van der Waals surface area (Å²) >= 11 is 0. The van der Waals surface area contributed by atoms with Gasteiger partial charge >= 0.3 is 0 Å². The summed E-state index contributed by atoms with van der Waals surface area (Å²) < 4.78 is 5.74. The molecule has 0 heterocycles. The van der Waals surface area contributed by atoms with Crippen LogP contribution in [0.1, 0.15) is 45.1 Å². The average Bonchev–Trinajstić information content (AvgIpc) is 3.12. The maximum Gasteiger partial charge on any atom is 0.260 e. The van der Waals surface area contributed by atoms with Crippen LogP contribution in [-0.2, 0) is 4.79 Å². The number of nitrogens with one attached hydrogen (secondary N) is 1. The molecule has 1 N–H and O–H groups in total. The van der Waals surface area contributed by atoms with E-state index in [1.54, 1.807) is 0 Å². The van der Waals surface area contributed by atoms with E-state index in [9.17, 15) is 4.79 Å². The van der Waals surface area contributed by atoms with Crippen LogP contribution >= 0.6 is 0 Å². The quantitative estimate of drug-likeness (QED) is 0.900. The van der Waals surface area contributed by atoms with Gasteiger partial charge in [-0.05, 0) is 69.9 Å². The molecule has 2 bridgehead atoms. The van der Waals surface area contributed by atoms with Gasteiger partial charge in [0.1, 0.15) is 5.75 Å². The zero-order chi connectivity index (χ0) is 15.7. The lowest BCUT2D eigenvalue weighted by Gasteiger charge is -2.29. The number of benzene rings is 1. The number of hydrogen-bond donors (Lipinski definition) is 1. The first-order chi connectivity index (χ1) is 10.5. The van der Waals surface area contributed by atoms with Gasteiger partial charge < -0.3 is 10.1 Å². The second-order valence-corrected chi connectivity index (χ2v) is 7.21. The number of hydrogen-bond acceptors (Lipinski definition) is 2. The molecule has 1 aromatic carbocycles. The van der Waals surface area contributed by atoms with E-state index in [0.717, 1.165) is 17.6 Å². The molecule has 1 amide bonds. The van der Waals surface area contributed by atoms with E-state index < -0.39 is 6.10 Å². The number of amides is 1. The van der Waals surface area contributed by atoms with Gasteiger partial charge in [-0.3, -0.25) is 4.79 Å². The standard InChI is InChI=1S/C19H27NO2/c1-12-4-8-17(9-5-12)22-14(3)19(21)20-13(2)18-11-15-6-7-16(18)10-15/h4-5,8-9,13-16,18H,6-7,10-11H2,1-3H3,(H,20,21)/t13-,14+,15+,16+,18-/m0/s1. The molecule has 0 saturated heterocycles. The Morgan fingerprint density at radius 1 is 1.18 bits per heavy atom. The molecule has 2 saturated carbocycles. The first-order valence-corrected chi connectivity index (χ1v) is 8.56. The second-order valence-electron chi connectivity index (χ2n) is 7.21. The summed E-state index contributed by atoms with van der Waals surface area (Å²) in [7, 11) is 0. The Balaban J connectivity index is 1.51. The minimum Gasteiger partial charge on any atom is -0.481 e. The summed E-state index contributed by atoms with van der Waals surface area (Å²) in [6.07, 6.45) is 4.96. The van der Waals surface area contributed by atoms with Crippen molar-refractivity contribution in [2.75, 3.05) is 0 Å². The molecule has 0 aliphatic heterocycles. The highest BCUT2D eigenvalue weighted by Crippen LogP contribution is 2.49. The van der Waals surface area contributed by atoms with Gasteiger partial charge in [-0.1, -0.05) is 24.1 Å². The van der Waals surface area contributed by atoms with Crippen LogP contribution in [0.4, 0.5) is 0 Å². The van der Waals surface area contributed by atoms with E-state index >= 15 is 0 Å². The largest absolute Gasteiger partial charge is 0.481 e. The molecule has 1 aromatic rings. The molecule has 5 atom stereocenters. The van der Waals surface area contributed by atoms with Gasteiger partial charge in [0.25, 0.3) is 5.91 Å².